The monoisotopic (exact) mass is 263 g/mol. The van der Waals surface area contributed by atoms with E-state index in [9.17, 15) is 4.79 Å². The Morgan fingerprint density at radius 1 is 1.37 bits per heavy atom. The lowest BCUT2D eigenvalue weighted by molar-refractivity contribution is -0.139. The summed E-state index contributed by atoms with van der Waals surface area (Å²) in [5, 5.41) is 8.95. The van der Waals surface area contributed by atoms with Crippen molar-refractivity contribution < 1.29 is 9.90 Å². The summed E-state index contributed by atoms with van der Waals surface area (Å²) in [6, 6.07) is 5.55. The first-order chi connectivity index (χ1) is 8.88. The van der Waals surface area contributed by atoms with Crippen LogP contribution in [0.5, 0.6) is 0 Å². The summed E-state index contributed by atoms with van der Waals surface area (Å²) in [5.74, 6) is -0.284. The van der Waals surface area contributed by atoms with Crippen LogP contribution in [0.4, 0.5) is 0 Å². The number of hydrogen-bond donors (Lipinski definition) is 2. The molecule has 0 aliphatic carbocycles. The number of nitrogens with two attached hydrogens (primary N) is 1. The van der Waals surface area contributed by atoms with Gasteiger partial charge in [0.15, 0.2) is 0 Å². The molecule has 0 amide bonds. The van der Waals surface area contributed by atoms with Gasteiger partial charge in [0.05, 0.1) is 0 Å². The number of carboxylic acids is 1. The normalized spacial score (nSPS) is 15.8. The van der Waals surface area contributed by atoms with Crippen LogP contribution in [-0.2, 0) is 4.79 Å². The van der Waals surface area contributed by atoms with E-state index in [-0.39, 0.29) is 0 Å². The third-order valence-corrected chi connectivity index (χ3v) is 4.24. The first-order valence-corrected chi connectivity index (χ1v) is 6.92. The summed E-state index contributed by atoms with van der Waals surface area (Å²) in [6.45, 7) is 8.51. The van der Waals surface area contributed by atoms with Crippen LogP contribution in [0.1, 0.15) is 49.3 Å². The van der Waals surface area contributed by atoms with Crippen LogP contribution in [0.3, 0.4) is 0 Å². The van der Waals surface area contributed by atoms with E-state index in [1.165, 1.54) is 16.7 Å². The smallest absolute Gasteiger partial charge is 0.320 e. The predicted molar refractivity (Wildman–Crippen MR) is 78.3 cm³/mol. The summed E-state index contributed by atoms with van der Waals surface area (Å²) < 4.78 is 0. The van der Waals surface area contributed by atoms with E-state index in [4.69, 9.17) is 10.8 Å². The molecule has 19 heavy (non-hydrogen) atoms. The van der Waals surface area contributed by atoms with Crippen LogP contribution in [0, 0.1) is 19.8 Å². The SMILES string of the molecule is CCC(CC(N)C(=O)O)C(C)c1cccc(C)c1C. The highest BCUT2D eigenvalue weighted by Crippen LogP contribution is 2.32. The molecule has 0 aliphatic rings. The largest absolute Gasteiger partial charge is 0.480 e. The molecule has 1 aromatic rings. The van der Waals surface area contributed by atoms with E-state index in [1.54, 1.807) is 0 Å². The Morgan fingerprint density at radius 2 is 2.00 bits per heavy atom. The second-order valence-corrected chi connectivity index (χ2v) is 5.43. The minimum Gasteiger partial charge on any atom is -0.480 e. The zero-order valence-corrected chi connectivity index (χ0v) is 12.3. The number of aliphatic carboxylic acids is 1. The van der Waals surface area contributed by atoms with Crippen molar-refractivity contribution in [3.05, 3.63) is 34.9 Å². The maximum atomic E-state index is 10.9. The highest BCUT2D eigenvalue weighted by Gasteiger charge is 2.24. The summed E-state index contributed by atoms with van der Waals surface area (Å²) in [5.41, 5.74) is 9.57. The van der Waals surface area contributed by atoms with Gasteiger partial charge >= 0.3 is 5.97 Å². The van der Waals surface area contributed by atoms with E-state index in [0.29, 0.717) is 18.3 Å². The average molecular weight is 263 g/mol. The van der Waals surface area contributed by atoms with Crippen LogP contribution in [0.15, 0.2) is 18.2 Å². The van der Waals surface area contributed by atoms with Gasteiger partial charge in [-0.3, -0.25) is 4.79 Å². The number of hydrogen-bond acceptors (Lipinski definition) is 2. The number of benzene rings is 1. The Labute approximate surface area is 115 Å². The molecule has 0 fully saturated rings. The molecule has 0 bridgehead atoms. The zero-order chi connectivity index (χ0) is 14.6. The molecule has 0 radical (unpaired) electrons. The molecule has 3 atom stereocenters. The predicted octanol–water partition coefficient (Wildman–Crippen LogP) is 3.24. The fraction of sp³-hybridized carbons (Fsp3) is 0.562. The Morgan fingerprint density at radius 3 is 2.53 bits per heavy atom. The van der Waals surface area contributed by atoms with Gasteiger partial charge < -0.3 is 10.8 Å². The minimum atomic E-state index is -0.911. The van der Waals surface area contributed by atoms with E-state index in [1.807, 2.05) is 0 Å². The molecule has 3 heteroatoms. The molecule has 0 saturated heterocycles. The minimum absolute atomic E-state index is 0.298. The fourth-order valence-electron chi connectivity index (χ4n) is 2.67. The van der Waals surface area contributed by atoms with Crippen LogP contribution in [-0.4, -0.2) is 17.1 Å². The van der Waals surface area contributed by atoms with Crippen molar-refractivity contribution in [2.45, 2.75) is 52.5 Å². The third kappa shape index (κ3) is 3.80. The lowest BCUT2D eigenvalue weighted by Gasteiger charge is -2.26. The molecule has 3 nitrogen and oxygen atoms in total. The molecular formula is C16H25NO2. The zero-order valence-electron chi connectivity index (χ0n) is 12.3. The number of carbonyl (C=O) groups is 1. The third-order valence-electron chi connectivity index (χ3n) is 4.24. The van der Waals surface area contributed by atoms with Gasteiger partial charge in [-0.2, -0.15) is 0 Å². The maximum absolute atomic E-state index is 10.9. The summed E-state index contributed by atoms with van der Waals surface area (Å²) in [6.07, 6.45) is 1.47. The van der Waals surface area contributed by atoms with Gasteiger partial charge in [0.25, 0.3) is 0 Å². The fourth-order valence-corrected chi connectivity index (χ4v) is 2.67. The molecule has 3 unspecified atom stereocenters. The first-order valence-electron chi connectivity index (χ1n) is 6.92. The van der Waals surface area contributed by atoms with Crippen LogP contribution in [0.2, 0.25) is 0 Å². The molecule has 0 aromatic heterocycles. The average Bonchev–Trinajstić information content (AvgIpc) is 2.38. The van der Waals surface area contributed by atoms with Gasteiger partial charge in [0, 0.05) is 0 Å². The summed E-state index contributed by atoms with van der Waals surface area (Å²) in [4.78, 5) is 10.9. The van der Waals surface area contributed by atoms with E-state index < -0.39 is 12.0 Å². The first kappa shape index (κ1) is 15.7. The Bertz CT molecular complexity index is 442. The number of carboxylic acid groups (broad SMARTS) is 1. The molecule has 0 aliphatic heterocycles. The van der Waals surface area contributed by atoms with Crippen molar-refractivity contribution in [2.75, 3.05) is 0 Å². The molecule has 0 heterocycles. The van der Waals surface area contributed by atoms with E-state index in [2.05, 4.69) is 45.9 Å². The molecule has 1 rings (SSSR count). The van der Waals surface area contributed by atoms with Gasteiger partial charge in [0.1, 0.15) is 6.04 Å². The highest BCUT2D eigenvalue weighted by molar-refractivity contribution is 5.73. The van der Waals surface area contributed by atoms with Gasteiger partial charge in [-0.05, 0) is 48.8 Å². The molecule has 3 N–H and O–H groups in total. The molecule has 1 aromatic carbocycles. The number of rotatable bonds is 6. The Hall–Kier alpha value is -1.35. The second kappa shape index (κ2) is 6.71. The van der Waals surface area contributed by atoms with Gasteiger partial charge in [-0.15, -0.1) is 0 Å². The Balaban J connectivity index is 2.92. The molecule has 0 spiro atoms. The maximum Gasteiger partial charge on any atom is 0.320 e. The van der Waals surface area contributed by atoms with Crippen molar-refractivity contribution >= 4 is 5.97 Å². The second-order valence-electron chi connectivity index (χ2n) is 5.43. The van der Waals surface area contributed by atoms with Crippen LogP contribution >= 0.6 is 0 Å². The topological polar surface area (TPSA) is 63.3 Å². The standard InChI is InChI=1S/C16H25NO2/c1-5-13(9-15(17)16(18)19)12(4)14-8-6-7-10(2)11(14)3/h6-8,12-13,15H,5,9,17H2,1-4H3,(H,18,19). The summed E-state index contributed by atoms with van der Waals surface area (Å²) >= 11 is 0. The highest BCUT2D eigenvalue weighted by atomic mass is 16.4. The van der Waals surface area contributed by atoms with E-state index >= 15 is 0 Å². The summed E-state index contributed by atoms with van der Waals surface area (Å²) in [7, 11) is 0. The Kier molecular flexibility index (Phi) is 5.55. The van der Waals surface area contributed by atoms with Crippen molar-refractivity contribution in [3.63, 3.8) is 0 Å². The molecule has 0 saturated carbocycles. The van der Waals surface area contributed by atoms with Gasteiger partial charge in [0.2, 0.25) is 0 Å². The molecular weight excluding hydrogens is 238 g/mol. The number of aryl methyl sites for hydroxylation is 1. The van der Waals surface area contributed by atoms with Crippen molar-refractivity contribution in [1.82, 2.24) is 0 Å². The van der Waals surface area contributed by atoms with E-state index in [0.717, 1.165) is 6.42 Å². The van der Waals surface area contributed by atoms with Crippen LogP contribution < -0.4 is 5.73 Å². The van der Waals surface area contributed by atoms with Crippen LogP contribution in [0.25, 0.3) is 0 Å². The van der Waals surface area contributed by atoms with Gasteiger partial charge in [-0.25, -0.2) is 0 Å². The van der Waals surface area contributed by atoms with Gasteiger partial charge in [-0.1, -0.05) is 38.5 Å². The van der Waals surface area contributed by atoms with Crippen molar-refractivity contribution in [3.8, 4) is 0 Å². The lowest BCUT2D eigenvalue weighted by atomic mass is 9.79. The van der Waals surface area contributed by atoms with Crippen molar-refractivity contribution in [1.29, 1.82) is 0 Å². The molecule has 106 valence electrons. The van der Waals surface area contributed by atoms with Crippen molar-refractivity contribution in [2.24, 2.45) is 11.7 Å². The quantitative estimate of drug-likeness (QED) is 0.828. The lowest BCUT2D eigenvalue weighted by Crippen LogP contribution is -2.33.